The number of carbonyl (C=O) groups excluding carboxylic acids is 1. The number of hydrogen-bond acceptors (Lipinski definition) is 4. The van der Waals surface area contributed by atoms with Gasteiger partial charge in [0.25, 0.3) is 5.91 Å². The number of hydrogen-bond donors (Lipinski definition) is 0. The summed E-state index contributed by atoms with van der Waals surface area (Å²) in [5, 5.41) is 8.17. The van der Waals surface area contributed by atoms with E-state index >= 15 is 0 Å². The first kappa shape index (κ1) is 22.7. The summed E-state index contributed by atoms with van der Waals surface area (Å²) in [5.74, 6) is -1.45. The smallest absolute Gasteiger partial charge is 0.301 e. The van der Waals surface area contributed by atoms with Crippen LogP contribution in [0.25, 0.3) is 22.4 Å². The van der Waals surface area contributed by atoms with Crippen molar-refractivity contribution in [3.8, 4) is 22.4 Å². The fourth-order valence-corrected chi connectivity index (χ4v) is 4.28. The van der Waals surface area contributed by atoms with Crippen LogP contribution in [0, 0.1) is 5.82 Å². The Labute approximate surface area is 197 Å². The number of aromatic nitrogens is 4. The van der Waals surface area contributed by atoms with Gasteiger partial charge in [-0.1, -0.05) is 35.5 Å². The van der Waals surface area contributed by atoms with Crippen molar-refractivity contribution in [1.82, 2.24) is 20.0 Å². The van der Waals surface area contributed by atoms with Gasteiger partial charge in [-0.15, -0.1) is 5.10 Å². The van der Waals surface area contributed by atoms with Gasteiger partial charge in [-0.05, 0) is 48.2 Å². The topological polar surface area (TPSA) is 63.9 Å². The monoisotopic (exact) mass is 481 g/mol. The highest BCUT2D eigenvalue weighted by molar-refractivity contribution is 5.97. The molecule has 5 rings (SSSR count). The SMILES string of the molecule is O=C1C(n2cc(-c3ccc(-c4ccncc4)cc3)nn2)CCc2c(F)cccc2N1CC(F)(F)F. The van der Waals surface area contributed by atoms with Crippen molar-refractivity contribution >= 4 is 11.6 Å². The van der Waals surface area contributed by atoms with Crippen LogP contribution in [0.3, 0.4) is 0 Å². The molecule has 3 heterocycles. The predicted octanol–water partition coefficient (Wildman–Crippen LogP) is 5.23. The van der Waals surface area contributed by atoms with Crippen LogP contribution in [-0.4, -0.2) is 38.6 Å². The zero-order chi connectivity index (χ0) is 24.6. The van der Waals surface area contributed by atoms with Crippen LogP contribution in [0.15, 0.2) is 73.2 Å². The van der Waals surface area contributed by atoms with E-state index in [4.69, 9.17) is 0 Å². The van der Waals surface area contributed by atoms with Gasteiger partial charge in [0.05, 0.1) is 11.9 Å². The minimum atomic E-state index is -4.65. The summed E-state index contributed by atoms with van der Waals surface area (Å²) < 4.78 is 55.7. The zero-order valence-electron chi connectivity index (χ0n) is 18.3. The molecule has 0 saturated heterocycles. The number of pyridine rings is 1. The van der Waals surface area contributed by atoms with Crippen LogP contribution < -0.4 is 4.90 Å². The molecule has 0 aliphatic carbocycles. The lowest BCUT2D eigenvalue weighted by Gasteiger charge is -2.26. The number of rotatable bonds is 4. The van der Waals surface area contributed by atoms with Crippen molar-refractivity contribution in [1.29, 1.82) is 0 Å². The molecule has 4 aromatic rings. The second-order valence-corrected chi connectivity index (χ2v) is 8.23. The van der Waals surface area contributed by atoms with Gasteiger partial charge < -0.3 is 4.90 Å². The maximum absolute atomic E-state index is 14.4. The fraction of sp³-hybridized carbons (Fsp3) is 0.200. The van der Waals surface area contributed by atoms with E-state index in [9.17, 15) is 22.4 Å². The molecule has 0 radical (unpaired) electrons. The quantitative estimate of drug-likeness (QED) is 0.375. The lowest BCUT2D eigenvalue weighted by atomic mass is 10.0. The number of fused-ring (bicyclic) bond motifs is 1. The highest BCUT2D eigenvalue weighted by Gasteiger charge is 2.40. The first-order valence-electron chi connectivity index (χ1n) is 10.9. The van der Waals surface area contributed by atoms with Crippen LogP contribution >= 0.6 is 0 Å². The Morgan fingerprint density at radius 1 is 0.943 bits per heavy atom. The van der Waals surface area contributed by atoms with Crippen LogP contribution in [0.2, 0.25) is 0 Å². The molecule has 0 saturated carbocycles. The third kappa shape index (κ3) is 4.64. The number of carbonyl (C=O) groups is 1. The fourth-order valence-electron chi connectivity index (χ4n) is 4.28. The Kier molecular flexibility index (Phi) is 5.80. The summed E-state index contributed by atoms with van der Waals surface area (Å²) >= 11 is 0. The van der Waals surface area contributed by atoms with E-state index < -0.39 is 30.5 Å². The second-order valence-electron chi connectivity index (χ2n) is 8.23. The Hall–Kier alpha value is -4.08. The van der Waals surface area contributed by atoms with E-state index in [1.807, 2.05) is 36.4 Å². The van der Waals surface area contributed by atoms with Gasteiger partial charge in [-0.25, -0.2) is 9.07 Å². The molecule has 0 fully saturated rings. The maximum Gasteiger partial charge on any atom is 0.406 e. The van der Waals surface area contributed by atoms with Gasteiger partial charge in [-0.2, -0.15) is 13.2 Å². The highest BCUT2D eigenvalue weighted by atomic mass is 19.4. The van der Waals surface area contributed by atoms with E-state index in [-0.39, 0.29) is 24.1 Å². The number of alkyl halides is 3. The van der Waals surface area contributed by atoms with Gasteiger partial charge in [-0.3, -0.25) is 9.78 Å². The van der Waals surface area contributed by atoms with Crippen molar-refractivity contribution in [2.75, 3.05) is 11.4 Å². The highest BCUT2D eigenvalue weighted by Crippen LogP contribution is 2.35. The number of benzene rings is 2. The molecule has 6 nitrogen and oxygen atoms in total. The minimum absolute atomic E-state index is 0.0677. The number of nitrogens with zero attached hydrogens (tertiary/aromatic N) is 5. The molecule has 1 atom stereocenters. The molecule has 0 spiro atoms. The van der Waals surface area contributed by atoms with E-state index in [0.29, 0.717) is 10.6 Å². The van der Waals surface area contributed by atoms with Gasteiger partial charge in [0.1, 0.15) is 24.1 Å². The molecule has 0 bridgehead atoms. The third-order valence-corrected chi connectivity index (χ3v) is 5.97. The van der Waals surface area contributed by atoms with E-state index in [2.05, 4.69) is 15.3 Å². The van der Waals surface area contributed by atoms with Gasteiger partial charge in [0.2, 0.25) is 0 Å². The number of amides is 1. The Bertz CT molecular complexity index is 1350. The number of anilines is 1. The predicted molar refractivity (Wildman–Crippen MR) is 121 cm³/mol. The van der Waals surface area contributed by atoms with Crippen LogP contribution in [0.5, 0.6) is 0 Å². The lowest BCUT2D eigenvalue weighted by Crippen LogP contribution is -2.42. The van der Waals surface area contributed by atoms with Crippen LogP contribution in [-0.2, 0) is 11.2 Å². The standard InChI is InChI=1S/C25H19F4N5O/c26-20-2-1-3-22-19(20)8-9-23(24(35)33(22)15-25(27,28)29)34-14-21(31-32-34)18-6-4-16(5-7-18)17-10-12-30-13-11-17/h1-7,10-14,23H,8-9,15H2. The Morgan fingerprint density at radius 3 is 2.34 bits per heavy atom. The van der Waals surface area contributed by atoms with Gasteiger partial charge in [0.15, 0.2) is 0 Å². The summed E-state index contributed by atoms with van der Waals surface area (Å²) in [6.07, 6.45) is 0.448. The normalized spacial score (nSPS) is 16.2. The van der Waals surface area contributed by atoms with Crippen LogP contribution in [0.1, 0.15) is 18.0 Å². The summed E-state index contributed by atoms with van der Waals surface area (Å²) in [5.41, 5.74) is 3.19. The molecule has 0 N–H and O–H groups in total. The van der Waals surface area contributed by atoms with Crippen molar-refractivity contribution in [3.05, 3.63) is 84.6 Å². The van der Waals surface area contributed by atoms with E-state index in [1.54, 1.807) is 12.4 Å². The Morgan fingerprint density at radius 2 is 1.63 bits per heavy atom. The molecule has 178 valence electrons. The summed E-state index contributed by atoms with van der Waals surface area (Å²) in [7, 11) is 0. The zero-order valence-corrected chi connectivity index (χ0v) is 18.3. The van der Waals surface area contributed by atoms with Crippen molar-refractivity contribution in [2.45, 2.75) is 25.1 Å². The second kappa shape index (κ2) is 8.94. The molecule has 1 amide bonds. The minimum Gasteiger partial charge on any atom is -0.301 e. The van der Waals surface area contributed by atoms with Crippen molar-refractivity contribution < 1.29 is 22.4 Å². The largest absolute Gasteiger partial charge is 0.406 e. The average Bonchev–Trinajstić information content (AvgIpc) is 3.28. The molecule has 1 aliphatic heterocycles. The molecule has 2 aromatic carbocycles. The summed E-state index contributed by atoms with van der Waals surface area (Å²) in [4.78, 5) is 17.9. The molecule has 1 aliphatic rings. The van der Waals surface area contributed by atoms with Crippen molar-refractivity contribution in [3.63, 3.8) is 0 Å². The molecular formula is C25H19F4N5O. The molecular weight excluding hydrogens is 462 g/mol. The van der Waals surface area contributed by atoms with E-state index in [1.165, 1.54) is 29.1 Å². The molecule has 10 heteroatoms. The molecule has 2 aromatic heterocycles. The summed E-state index contributed by atoms with van der Waals surface area (Å²) in [6, 6.07) is 14.0. The third-order valence-electron chi connectivity index (χ3n) is 5.97. The molecule has 1 unspecified atom stereocenters. The van der Waals surface area contributed by atoms with Gasteiger partial charge in [0, 0.05) is 23.5 Å². The van der Waals surface area contributed by atoms with Crippen LogP contribution in [0.4, 0.5) is 23.2 Å². The lowest BCUT2D eigenvalue weighted by molar-refractivity contribution is -0.134. The van der Waals surface area contributed by atoms with Gasteiger partial charge >= 0.3 is 6.18 Å². The average molecular weight is 481 g/mol. The van der Waals surface area contributed by atoms with E-state index in [0.717, 1.165) is 16.7 Å². The van der Waals surface area contributed by atoms with Crippen molar-refractivity contribution in [2.24, 2.45) is 0 Å². The number of halogens is 4. The Balaban J connectivity index is 1.44. The first-order chi connectivity index (χ1) is 16.8. The summed E-state index contributed by atoms with van der Waals surface area (Å²) in [6.45, 7) is -1.52. The maximum atomic E-state index is 14.4. The molecule has 35 heavy (non-hydrogen) atoms. The first-order valence-corrected chi connectivity index (χ1v) is 10.9.